The molecule has 0 bridgehead atoms. The van der Waals surface area contributed by atoms with E-state index < -0.39 is 16.9 Å². The molecule has 19 heavy (non-hydrogen) atoms. The first-order chi connectivity index (χ1) is 9.04. The Balaban J connectivity index is 2.40. The van der Waals surface area contributed by atoms with Gasteiger partial charge in [-0.2, -0.15) is 0 Å². The number of nitrogens with zero attached hydrogens (tertiary/aromatic N) is 3. The number of hydrogen-bond donors (Lipinski definition) is 0. The Morgan fingerprint density at radius 1 is 1.68 bits per heavy atom. The van der Waals surface area contributed by atoms with Gasteiger partial charge in [0.25, 0.3) is 0 Å². The Morgan fingerprint density at radius 2 is 2.42 bits per heavy atom. The zero-order chi connectivity index (χ0) is 14.0. The van der Waals surface area contributed by atoms with Gasteiger partial charge in [0.2, 0.25) is 5.82 Å². The van der Waals surface area contributed by atoms with E-state index in [-0.39, 0.29) is 16.5 Å². The number of ether oxygens (including phenoxy) is 1. The summed E-state index contributed by atoms with van der Waals surface area (Å²) in [6.45, 7) is 0.523. The fourth-order valence-electron chi connectivity index (χ4n) is 2.18. The van der Waals surface area contributed by atoms with Gasteiger partial charge < -0.3 is 9.64 Å². The molecule has 0 aliphatic carbocycles. The van der Waals surface area contributed by atoms with Gasteiger partial charge in [-0.3, -0.25) is 10.1 Å². The van der Waals surface area contributed by atoms with Crippen LogP contribution in [0.25, 0.3) is 0 Å². The van der Waals surface area contributed by atoms with Crippen LogP contribution in [-0.4, -0.2) is 35.6 Å². The lowest BCUT2D eigenvalue weighted by atomic mass is 10.2. The molecule has 0 spiro atoms. The second-order valence-electron chi connectivity index (χ2n) is 4.13. The number of esters is 1. The Kier molecular flexibility index (Phi) is 3.84. The molecule has 0 N–H and O–H groups in total. The molecule has 1 atom stereocenters. The molecule has 2 rings (SSSR count). The van der Waals surface area contributed by atoms with Gasteiger partial charge in [0.05, 0.1) is 17.1 Å². The third-order valence-electron chi connectivity index (χ3n) is 3.01. The summed E-state index contributed by atoms with van der Waals surface area (Å²) in [6.07, 6.45) is 2.67. The first-order valence-electron chi connectivity index (χ1n) is 5.69. The van der Waals surface area contributed by atoms with Gasteiger partial charge in [-0.1, -0.05) is 11.6 Å². The second-order valence-corrected chi connectivity index (χ2v) is 4.56. The highest BCUT2D eigenvalue weighted by molar-refractivity contribution is 6.30. The predicted octanol–water partition coefficient (Wildman–Crippen LogP) is 1.78. The molecule has 0 aromatic carbocycles. The molecule has 1 saturated heterocycles. The Labute approximate surface area is 114 Å². The highest BCUT2D eigenvalue weighted by atomic mass is 35.5. The maximum Gasteiger partial charge on any atom is 0.328 e. The van der Waals surface area contributed by atoms with E-state index in [2.05, 4.69) is 4.98 Å². The van der Waals surface area contributed by atoms with Crippen molar-refractivity contribution in [3.8, 4) is 0 Å². The molecule has 0 saturated carbocycles. The van der Waals surface area contributed by atoms with Crippen LogP contribution in [0.15, 0.2) is 12.3 Å². The van der Waals surface area contributed by atoms with Crippen molar-refractivity contribution in [1.82, 2.24) is 4.98 Å². The fraction of sp³-hybridized carbons (Fsp3) is 0.455. The van der Waals surface area contributed by atoms with E-state index in [0.717, 1.165) is 6.42 Å². The minimum Gasteiger partial charge on any atom is -0.467 e. The minimum atomic E-state index is -0.555. The topological polar surface area (TPSA) is 85.6 Å². The average Bonchev–Trinajstić information content (AvgIpc) is 2.86. The van der Waals surface area contributed by atoms with Crippen LogP contribution in [0.2, 0.25) is 5.02 Å². The number of rotatable bonds is 3. The highest BCUT2D eigenvalue weighted by Gasteiger charge is 2.36. The number of hydrogen-bond acceptors (Lipinski definition) is 6. The third-order valence-corrected chi connectivity index (χ3v) is 3.22. The Morgan fingerprint density at radius 3 is 3.05 bits per heavy atom. The number of nitro groups is 1. The number of aromatic nitrogens is 1. The molecule has 1 aromatic heterocycles. The lowest BCUT2D eigenvalue weighted by Gasteiger charge is -2.23. The van der Waals surface area contributed by atoms with E-state index in [1.807, 2.05) is 0 Å². The number of halogens is 1. The average molecular weight is 286 g/mol. The van der Waals surface area contributed by atoms with Gasteiger partial charge in [0.15, 0.2) is 0 Å². The summed E-state index contributed by atoms with van der Waals surface area (Å²) in [4.78, 5) is 27.7. The van der Waals surface area contributed by atoms with Crippen LogP contribution in [-0.2, 0) is 9.53 Å². The van der Waals surface area contributed by atoms with E-state index in [1.165, 1.54) is 19.4 Å². The molecule has 1 aliphatic heterocycles. The lowest BCUT2D eigenvalue weighted by Crippen LogP contribution is -2.37. The summed E-state index contributed by atoms with van der Waals surface area (Å²) in [5.41, 5.74) is -0.205. The number of carbonyl (C=O) groups is 1. The van der Waals surface area contributed by atoms with Crippen LogP contribution in [0.5, 0.6) is 0 Å². The molecule has 7 nitrogen and oxygen atoms in total. The highest BCUT2D eigenvalue weighted by Crippen LogP contribution is 2.33. The van der Waals surface area contributed by atoms with E-state index in [9.17, 15) is 14.9 Å². The summed E-state index contributed by atoms with van der Waals surface area (Å²) >= 11 is 5.72. The van der Waals surface area contributed by atoms with Gasteiger partial charge in [-0.15, -0.1) is 0 Å². The molecule has 1 unspecified atom stereocenters. The summed E-state index contributed by atoms with van der Waals surface area (Å²) < 4.78 is 4.71. The van der Waals surface area contributed by atoms with Crippen molar-refractivity contribution in [1.29, 1.82) is 0 Å². The Bertz CT molecular complexity index is 523. The van der Waals surface area contributed by atoms with Crippen molar-refractivity contribution in [2.45, 2.75) is 18.9 Å². The summed E-state index contributed by atoms with van der Waals surface area (Å²) in [7, 11) is 1.29. The van der Waals surface area contributed by atoms with Crippen LogP contribution in [0.3, 0.4) is 0 Å². The molecule has 1 fully saturated rings. The molecule has 0 amide bonds. The van der Waals surface area contributed by atoms with Crippen molar-refractivity contribution in [2.75, 3.05) is 18.6 Å². The molecule has 0 radical (unpaired) electrons. The van der Waals surface area contributed by atoms with Crippen molar-refractivity contribution in [3.63, 3.8) is 0 Å². The summed E-state index contributed by atoms with van der Waals surface area (Å²) in [6, 6.07) is 0.702. The SMILES string of the molecule is COC(=O)C1CCCN1c1ncc(Cl)cc1[N+](=O)[O-]. The summed E-state index contributed by atoms with van der Waals surface area (Å²) in [5, 5.41) is 11.2. The van der Waals surface area contributed by atoms with Crippen LogP contribution in [0.1, 0.15) is 12.8 Å². The van der Waals surface area contributed by atoms with Gasteiger partial charge in [-0.05, 0) is 12.8 Å². The van der Waals surface area contributed by atoms with Gasteiger partial charge in [0.1, 0.15) is 6.04 Å². The molecule has 2 heterocycles. The number of carbonyl (C=O) groups excluding carboxylic acids is 1. The number of pyridine rings is 1. The van der Waals surface area contributed by atoms with E-state index in [0.29, 0.717) is 13.0 Å². The van der Waals surface area contributed by atoms with Gasteiger partial charge in [-0.25, -0.2) is 9.78 Å². The van der Waals surface area contributed by atoms with Crippen molar-refractivity contribution >= 4 is 29.1 Å². The third kappa shape index (κ3) is 2.60. The van der Waals surface area contributed by atoms with Crippen LogP contribution < -0.4 is 4.90 Å². The van der Waals surface area contributed by atoms with Crippen LogP contribution >= 0.6 is 11.6 Å². The molecule has 1 aliphatic rings. The van der Waals surface area contributed by atoms with Crippen molar-refractivity contribution < 1.29 is 14.5 Å². The molecular weight excluding hydrogens is 274 g/mol. The van der Waals surface area contributed by atoms with E-state index >= 15 is 0 Å². The standard InChI is InChI=1S/C11H12ClN3O4/c1-19-11(16)8-3-2-4-14(8)10-9(15(17)18)5-7(12)6-13-10/h5-6,8H,2-4H2,1H3. The smallest absolute Gasteiger partial charge is 0.328 e. The van der Waals surface area contributed by atoms with Gasteiger partial charge >= 0.3 is 11.7 Å². The molecule has 8 heteroatoms. The first-order valence-corrected chi connectivity index (χ1v) is 6.06. The van der Waals surface area contributed by atoms with Crippen LogP contribution in [0.4, 0.5) is 11.5 Å². The minimum absolute atomic E-state index is 0.155. The maximum absolute atomic E-state index is 11.7. The van der Waals surface area contributed by atoms with Crippen LogP contribution in [0, 0.1) is 10.1 Å². The monoisotopic (exact) mass is 285 g/mol. The lowest BCUT2D eigenvalue weighted by molar-refractivity contribution is -0.384. The predicted molar refractivity (Wildman–Crippen MR) is 68.3 cm³/mol. The number of anilines is 1. The zero-order valence-corrected chi connectivity index (χ0v) is 11.0. The maximum atomic E-state index is 11.7. The van der Waals surface area contributed by atoms with Crippen molar-refractivity contribution in [2.24, 2.45) is 0 Å². The fourth-order valence-corrected chi connectivity index (χ4v) is 2.33. The van der Waals surface area contributed by atoms with Crippen molar-refractivity contribution in [3.05, 3.63) is 27.4 Å². The first kappa shape index (κ1) is 13.5. The molecule has 1 aromatic rings. The Hall–Kier alpha value is -1.89. The normalized spacial score (nSPS) is 18.4. The van der Waals surface area contributed by atoms with Gasteiger partial charge in [0, 0.05) is 18.8 Å². The van der Waals surface area contributed by atoms with E-state index in [4.69, 9.17) is 16.3 Å². The largest absolute Gasteiger partial charge is 0.467 e. The molecular formula is C11H12ClN3O4. The molecule has 102 valence electrons. The number of methoxy groups -OCH3 is 1. The zero-order valence-electron chi connectivity index (χ0n) is 10.2. The quantitative estimate of drug-likeness (QED) is 0.478. The van der Waals surface area contributed by atoms with E-state index in [1.54, 1.807) is 4.90 Å². The second kappa shape index (κ2) is 5.40. The summed E-state index contributed by atoms with van der Waals surface area (Å²) in [5.74, 6) is -0.258.